The van der Waals surface area contributed by atoms with Gasteiger partial charge in [0.15, 0.2) is 0 Å². The Morgan fingerprint density at radius 3 is 2.44 bits per heavy atom. The lowest BCUT2D eigenvalue weighted by molar-refractivity contribution is -0.129. The van der Waals surface area contributed by atoms with Crippen LogP contribution in [-0.2, 0) is 4.79 Å². The van der Waals surface area contributed by atoms with Gasteiger partial charge in [0.1, 0.15) is 5.01 Å². The second-order valence-corrected chi connectivity index (χ2v) is 8.48. The number of amides is 2. The number of thiazole rings is 1. The van der Waals surface area contributed by atoms with E-state index in [2.05, 4.69) is 15.6 Å². The van der Waals surface area contributed by atoms with Crippen LogP contribution in [0, 0.1) is 0 Å². The van der Waals surface area contributed by atoms with Crippen molar-refractivity contribution in [1.82, 2.24) is 9.88 Å². The summed E-state index contributed by atoms with van der Waals surface area (Å²) < 4.78 is 1.10. The predicted octanol–water partition coefficient (Wildman–Crippen LogP) is 5.18. The van der Waals surface area contributed by atoms with Gasteiger partial charge in [-0.15, -0.1) is 11.3 Å². The molecule has 3 aromatic carbocycles. The second kappa shape index (κ2) is 9.62. The summed E-state index contributed by atoms with van der Waals surface area (Å²) in [5.74, 6) is -0.321. The number of anilines is 2. The van der Waals surface area contributed by atoms with E-state index in [1.54, 1.807) is 41.5 Å². The normalized spacial score (nSPS) is 11.7. The average molecular weight is 445 g/mol. The van der Waals surface area contributed by atoms with Gasteiger partial charge in [-0.05, 0) is 43.3 Å². The largest absolute Gasteiger partial charge is 0.376 e. The van der Waals surface area contributed by atoms with Crippen LogP contribution in [0.5, 0.6) is 0 Å². The van der Waals surface area contributed by atoms with Crippen LogP contribution in [0.2, 0.25) is 0 Å². The van der Waals surface area contributed by atoms with Gasteiger partial charge in [-0.3, -0.25) is 9.59 Å². The summed E-state index contributed by atoms with van der Waals surface area (Å²) in [5.41, 5.74) is 2.74. The molecule has 0 spiro atoms. The Labute approximate surface area is 190 Å². The molecular formula is C25H24N4O2S. The highest BCUT2D eigenvalue weighted by Crippen LogP contribution is 2.29. The van der Waals surface area contributed by atoms with Gasteiger partial charge in [-0.25, -0.2) is 4.98 Å². The molecule has 0 fully saturated rings. The molecule has 2 N–H and O–H groups in total. The van der Waals surface area contributed by atoms with Crippen molar-refractivity contribution in [1.29, 1.82) is 0 Å². The zero-order valence-corrected chi connectivity index (χ0v) is 18.7. The van der Waals surface area contributed by atoms with E-state index in [9.17, 15) is 9.59 Å². The third-order valence-corrected chi connectivity index (χ3v) is 6.48. The quantitative estimate of drug-likeness (QED) is 0.412. The molecule has 7 heteroatoms. The molecule has 0 aliphatic rings. The summed E-state index contributed by atoms with van der Waals surface area (Å²) in [5, 5.41) is 6.90. The molecule has 0 saturated heterocycles. The lowest BCUT2D eigenvalue weighted by Gasteiger charge is -2.24. The van der Waals surface area contributed by atoms with Crippen molar-refractivity contribution in [2.75, 3.05) is 24.2 Å². The Morgan fingerprint density at radius 2 is 1.66 bits per heavy atom. The van der Waals surface area contributed by atoms with Crippen LogP contribution in [0.1, 0.15) is 28.3 Å². The van der Waals surface area contributed by atoms with Gasteiger partial charge in [0.25, 0.3) is 5.91 Å². The highest BCUT2D eigenvalue weighted by Gasteiger charge is 2.21. The van der Waals surface area contributed by atoms with Crippen LogP contribution in [0.25, 0.3) is 10.2 Å². The number of nitrogens with zero attached hydrogens (tertiary/aromatic N) is 2. The second-order valence-electron chi connectivity index (χ2n) is 7.42. The van der Waals surface area contributed by atoms with Crippen LogP contribution >= 0.6 is 11.3 Å². The molecule has 32 heavy (non-hydrogen) atoms. The van der Waals surface area contributed by atoms with Crippen LogP contribution in [0.3, 0.4) is 0 Å². The maximum atomic E-state index is 12.9. The number of likely N-dealkylation sites (N-methyl/N-ethyl adjacent to an activating group) is 1. The minimum Gasteiger partial charge on any atom is -0.376 e. The first kappa shape index (κ1) is 21.5. The van der Waals surface area contributed by atoms with Gasteiger partial charge in [-0.2, -0.15) is 0 Å². The molecule has 0 bridgehead atoms. The highest BCUT2D eigenvalue weighted by molar-refractivity contribution is 7.18. The van der Waals surface area contributed by atoms with E-state index in [1.807, 2.05) is 67.6 Å². The van der Waals surface area contributed by atoms with Crippen molar-refractivity contribution >= 4 is 44.7 Å². The SMILES string of the molecule is CC(c1nc2ccccc2s1)N(C)C(=O)CNc1ccccc1C(=O)Nc1ccccc1. The highest BCUT2D eigenvalue weighted by atomic mass is 32.1. The Kier molecular flexibility index (Phi) is 6.47. The van der Waals surface area contributed by atoms with Gasteiger partial charge in [0.05, 0.1) is 28.4 Å². The molecule has 0 aliphatic carbocycles. The smallest absolute Gasteiger partial charge is 0.257 e. The van der Waals surface area contributed by atoms with Gasteiger partial charge in [0.2, 0.25) is 5.91 Å². The number of benzene rings is 3. The molecule has 1 unspecified atom stereocenters. The van der Waals surface area contributed by atoms with E-state index in [0.717, 1.165) is 15.2 Å². The Bertz CT molecular complexity index is 1210. The topological polar surface area (TPSA) is 74.3 Å². The molecular weight excluding hydrogens is 420 g/mol. The Balaban J connectivity index is 1.41. The number of fused-ring (bicyclic) bond motifs is 1. The maximum Gasteiger partial charge on any atom is 0.257 e. The molecule has 162 valence electrons. The van der Waals surface area contributed by atoms with Crippen molar-refractivity contribution < 1.29 is 9.59 Å². The van der Waals surface area contributed by atoms with Crippen molar-refractivity contribution in [3.05, 3.63) is 89.4 Å². The fraction of sp³-hybridized carbons (Fsp3) is 0.160. The lowest BCUT2D eigenvalue weighted by Crippen LogP contribution is -2.34. The van der Waals surface area contributed by atoms with Gasteiger partial charge in [0, 0.05) is 18.4 Å². The molecule has 6 nitrogen and oxygen atoms in total. The number of hydrogen-bond donors (Lipinski definition) is 2. The number of rotatable bonds is 7. The van der Waals surface area contributed by atoms with Crippen molar-refractivity contribution in [2.45, 2.75) is 13.0 Å². The summed E-state index contributed by atoms with van der Waals surface area (Å²) in [4.78, 5) is 31.9. The predicted molar refractivity (Wildman–Crippen MR) is 130 cm³/mol. The zero-order valence-electron chi connectivity index (χ0n) is 17.9. The standard InChI is InChI=1S/C25H24N4O2S/c1-17(25-28-21-14-8-9-15-22(21)32-25)29(2)23(30)16-26-20-13-7-6-12-19(20)24(31)27-18-10-4-3-5-11-18/h3-15,17,26H,16H2,1-2H3,(H,27,31). The van der Waals surface area contributed by atoms with E-state index in [-0.39, 0.29) is 24.4 Å². The average Bonchev–Trinajstić information content (AvgIpc) is 3.26. The summed E-state index contributed by atoms with van der Waals surface area (Å²) in [6.45, 7) is 2.04. The van der Waals surface area contributed by atoms with Crippen LogP contribution in [-0.4, -0.2) is 35.3 Å². The van der Waals surface area contributed by atoms with Crippen LogP contribution < -0.4 is 10.6 Å². The van der Waals surface area contributed by atoms with E-state index < -0.39 is 0 Å². The van der Waals surface area contributed by atoms with E-state index >= 15 is 0 Å². The maximum absolute atomic E-state index is 12.9. The first-order chi connectivity index (χ1) is 15.5. The molecule has 4 rings (SSSR count). The number of nitrogens with one attached hydrogen (secondary N) is 2. The fourth-order valence-electron chi connectivity index (χ4n) is 3.30. The van der Waals surface area contributed by atoms with Crippen molar-refractivity contribution in [3.8, 4) is 0 Å². The summed E-state index contributed by atoms with van der Waals surface area (Å²) in [6, 6.07) is 24.2. The van der Waals surface area contributed by atoms with Crippen molar-refractivity contribution in [2.24, 2.45) is 0 Å². The zero-order chi connectivity index (χ0) is 22.5. The first-order valence-electron chi connectivity index (χ1n) is 10.3. The van der Waals surface area contributed by atoms with Gasteiger partial charge >= 0.3 is 0 Å². The molecule has 1 heterocycles. The Hall–Kier alpha value is -3.71. The Morgan fingerprint density at radius 1 is 0.969 bits per heavy atom. The molecule has 1 atom stereocenters. The van der Waals surface area contributed by atoms with E-state index in [0.29, 0.717) is 16.9 Å². The number of carbonyl (C=O) groups excluding carboxylic acids is 2. The molecule has 4 aromatic rings. The molecule has 0 radical (unpaired) electrons. The minimum absolute atomic E-state index is 0.0708. The third kappa shape index (κ3) is 4.78. The minimum atomic E-state index is -0.233. The fourth-order valence-corrected chi connectivity index (χ4v) is 4.36. The molecule has 1 aromatic heterocycles. The first-order valence-corrected chi connectivity index (χ1v) is 11.1. The third-order valence-electron chi connectivity index (χ3n) is 5.28. The molecule has 0 saturated carbocycles. The number of carbonyl (C=O) groups is 2. The van der Waals surface area contributed by atoms with Crippen LogP contribution in [0.15, 0.2) is 78.9 Å². The van der Waals surface area contributed by atoms with Crippen LogP contribution in [0.4, 0.5) is 11.4 Å². The monoisotopic (exact) mass is 444 g/mol. The molecule has 2 amide bonds. The van der Waals surface area contributed by atoms with Crippen molar-refractivity contribution in [3.63, 3.8) is 0 Å². The number of aromatic nitrogens is 1. The summed E-state index contributed by atoms with van der Waals surface area (Å²) in [7, 11) is 1.77. The lowest BCUT2D eigenvalue weighted by atomic mass is 10.1. The van der Waals surface area contributed by atoms with E-state index in [4.69, 9.17) is 0 Å². The molecule has 0 aliphatic heterocycles. The number of para-hydroxylation sites is 3. The van der Waals surface area contributed by atoms with E-state index in [1.165, 1.54) is 0 Å². The van der Waals surface area contributed by atoms with Gasteiger partial charge in [-0.1, -0.05) is 42.5 Å². The summed E-state index contributed by atoms with van der Waals surface area (Å²) >= 11 is 1.59. The van der Waals surface area contributed by atoms with Gasteiger partial charge < -0.3 is 15.5 Å². The summed E-state index contributed by atoms with van der Waals surface area (Å²) in [6.07, 6.45) is 0. The number of hydrogen-bond acceptors (Lipinski definition) is 5.